The molecule has 27 heavy (non-hydrogen) atoms. The molecule has 0 radical (unpaired) electrons. The van der Waals surface area contributed by atoms with Crippen LogP contribution in [0.4, 0.5) is 5.82 Å². The third-order valence-corrected chi connectivity index (χ3v) is 4.71. The number of amides is 1. The number of fused-ring (bicyclic) bond motifs is 1. The topological polar surface area (TPSA) is 74.7 Å². The van der Waals surface area contributed by atoms with Crippen LogP contribution in [-0.2, 0) is 11.3 Å². The van der Waals surface area contributed by atoms with Crippen molar-refractivity contribution in [1.29, 1.82) is 0 Å². The molecule has 0 spiro atoms. The highest BCUT2D eigenvalue weighted by Gasteiger charge is 2.14. The molecule has 6 heteroatoms. The van der Waals surface area contributed by atoms with Gasteiger partial charge in [-0.25, -0.2) is 4.98 Å². The number of phenols is 1. The molecule has 0 bridgehead atoms. The molecular formula is C21H21N3O3. The lowest BCUT2D eigenvalue weighted by molar-refractivity contribution is 0.0948. The Kier molecular flexibility index (Phi) is 4.89. The van der Waals surface area contributed by atoms with E-state index in [1.165, 1.54) is 0 Å². The molecular weight excluding hydrogens is 342 g/mol. The summed E-state index contributed by atoms with van der Waals surface area (Å²) in [5.41, 5.74) is 1.17. The zero-order valence-corrected chi connectivity index (χ0v) is 14.9. The number of nitrogens with zero attached hydrogens (tertiary/aromatic N) is 2. The molecule has 0 saturated carbocycles. The number of morpholine rings is 1. The van der Waals surface area contributed by atoms with Crippen LogP contribution in [0.5, 0.6) is 5.75 Å². The smallest absolute Gasteiger partial charge is 0.255 e. The van der Waals surface area contributed by atoms with Crippen molar-refractivity contribution in [2.24, 2.45) is 0 Å². The van der Waals surface area contributed by atoms with Gasteiger partial charge in [0.1, 0.15) is 11.6 Å². The van der Waals surface area contributed by atoms with Crippen molar-refractivity contribution in [3.05, 3.63) is 65.9 Å². The van der Waals surface area contributed by atoms with Gasteiger partial charge in [0.25, 0.3) is 5.91 Å². The minimum absolute atomic E-state index is 0.0213. The molecule has 0 aliphatic carbocycles. The second-order valence-corrected chi connectivity index (χ2v) is 6.52. The highest BCUT2D eigenvalue weighted by Crippen LogP contribution is 2.25. The molecule has 2 aromatic carbocycles. The zero-order chi connectivity index (χ0) is 18.6. The Morgan fingerprint density at radius 2 is 1.85 bits per heavy atom. The fourth-order valence-corrected chi connectivity index (χ4v) is 3.19. The number of anilines is 1. The molecule has 3 aromatic rings. The molecule has 4 rings (SSSR count). The van der Waals surface area contributed by atoms with E-state index in [0.29, 0.717) is 6.54 Å². The number of benzene rings is 2. The molecule has 6 nitrogen and oxygen atoms in total. The monoisotopic (exact) mass is 363 g/mol. The summed E-state index contributed by atoms with van der Waals surface area (Å²) in [4.78, 5) is 19.1. The number of hydrogen-bond donors (Lipinski definition) is 2. The van der Waals surface area contributed by atoms with E-state index in [2.05, 4.69) is 15.2 Å². The molecule has 0 unspecified atom stereocenters. The Morgan fingerprint density at radius 3 is 2.56 bits per heavy atom. The molecule has 1 aliphatic heterocycles. The molecule has 0 atom stereocenters. The number of rotatable bonds is 4. The molecule has 1 aliphatic rings. The van der Waals surface area contributed by atoms with Gasteiger partial charge in [-0.15, -0.1) is 0 Å². The van der Waals surface area contributed by atoms with Crippen molar-refractivity contribution in [1.82, 2.24) is 10.3 Å². The summed E-state index contributed by atoms with van der Waals surface area (Å²) >= 11 is 0. The van der Waals surface area contributed by atoms with Crippen LogP contribution < -0.4 is 10.2 Å². The van der Waals surface area contributed by atoms with E-state index in [1.807, 2.05) is 36.4 Å². The SMILES string of the molecule is O=C(NCc1ccc(N2CCOCC2)nc1)c1cc2ccccc2cc1O. The van der Waals surface area contributed by atoms with E-state index in [-0.39, 0.29) is 17.2 Å². The first-order chi connectivity index (χ1) is 13.2. The fraction of sp³-hybridized carbons (Fsp3) is 0.238. The van der Waals surface area contributed by atoms with Crippen LogP contribution >= 0.6 is 0 Å². The Bertz CT molecular complexity index is 951. The Labute approximate surface area is 157 Å². The summed E-state index contributed by atoms with van der Waals surface area (Å²) in [5.74, 6) is 0.586. The summed E-state index contributed by atoms with van der Waals surface area (Å²) in [5, 5.41) is 14.8. The van der Waals surface area contributed by atoms with Gasteiger partial charge >= 0.3 is 0 Å². The maximum Gasteiger partial charge on any atom is 0.255 e. The standard InChI is InChI=1S/C21H21N3O3/c25-19-12-17-4-2-1-3-16(17)11-18(19)21(26)23-14-15-5-6-20(22-13-15)24-7-9-27-10-8-24/h1-6,11-13,25H,7-10,14H2,(H,23,26). The quantitative estimate of drug-likeness (QED) is 0.746. The van der Waals surface area contributed by atoms with Crippen LogP contribution in [0.25, 0.3) is 10.8 Å². The first kappa shape index (κ1) is 17.3. The van der Waals surface area contributed by atoms with Gasteiger partial charge in [-0.05, 0) is 34.5 Å². The number of pyridine rings is 1. The van der Waals surface area contributed by atoms with Gasteiger partial charge < -0.3 is 20.1 Å². The average molecular weight is 363 g/mol. The van der Waals surface area contributed by atoms with Crippen molar-refractivity contribution < 1.29 is 14.6 Å². The second-order valence-electron chi connectivity index (χ2n) is 6.52. The summed E-state index contributed by atoms with van der Waals surface area (Å²) in [6.45, 7) is 3.46. The van der Waals surface area contributed by atoms with E-state index < -0.39 is 0 Å². The first-order valence-electron chi connectivity index (χ1n) is 8.98. The summed E-state index contributed by atoms with van der Waals surface area (Å²) < 4.78 is 5.35. The fourth-order valence-electron chi connectivity index (χ4n) is 3.19. The second kappa shape index (κ2) is 7.63. The highest BCUT2D eigenvalue weighted by atomic mass is 16.5. The van der Waals surface area contributed by atoms with Crippen LogP contribution in [0, 0.1) is 0 Å². The Morgan fingerprint density at radius 1 is 1.11 bits per heavy atom. The van der Waals surface area contributed by atoms with E-state index in [0.717, 1.165) is 48.5 Å². The molecule has 1 saturated heterocycles. The van der Waals surface area contributed by atoms with Crippen molar-refractivity contribution in [3.8, 4) is 5.75 Å². The van der Waals surface area contributed by atoms with Crippen molar-refractivity contribution in [2.45, 2.75) is 6.54 Å². The van der Waals surface area contributed by atoms with Crippen LogP contribution in [0.2, 0.25) is 0 Å². The third-order valence-electron chi connectivity index (χ3n) is 4.71. The molecule has 1 aromatic heterocycles. The van der Waals surface area contributed by atoms with Gasteiger partial charge in [0.05, 0.1) is 18.8 Å². The van der Waals surface area contributed by atoms with Crippen molar-refractivity contribution >= 4 is 22.5 Å². The molecule has 1 amide bonds. The molecule has 2 N–H and O–H groups in total. The largest absolute Gasteiger partial charge is 0.507 e. The number of aromatic hydroxyl groups is 1. The van der Waals surface area contributed by atoms with Gasteiger partial charge in [-0.1, -0.05) is 30.3 Å². The number of carbonyl (C=O) groups excluding carboxylic acids is 1. The molecule has 2 heterocycles. The van der Waals surface area contributed by atoms with Crippen molar-refractivity contribution in [2.75, 3.05) is 31.2 Å². The maximum absolute atomic E-state index is 12.5. The number of aromatic nitrogens is 1. The van der Waals surface area contributed by atoms with Crippen molar-refractivity contribution in [3.63, 3.8) is 0 Å². The lowest BCUT2D eigenvalue weighted by Gasteiger charge is -2.27. The van der Waals surface area contributed by atoms with Gasteiger partial charge in [0.15, 0.2) is 0 Å². The Balaban J connectivity index is 1.42. The normalized spacial score (nSPS) is 14.3. The summed E-state index contributed by atoms with van der Waals surface area (Å²) in [6.07, 6.45) is 1.77. The van der Waals surface area contributed by atoms with Gasteiger partial charge in [0.2, 0.25) is 0 Å². The molecule has 138 valence electrons. The summed E-state index contributed by atoms with van der Waals surface area (Å²) in [6, 6.07) is 14.9. The number of hydrogen-bond acceptors (Lipinski definition) is 5. The summed E-state index contributed by atoms with van der Waals surface area (Å²) in [7, 11) is 0. The van der Waals surface area contributed by atoms with E-state index in [4.69, 9.17) is 4.74 Å². The van der Waals surface area contributed by atoms with Crippen LogP contribution in [0.15, 0.2) is 54.7 Å². The van der Waals surface area contributed by atoms with Crippen LogP contribution in [0.3, 0.4) is 0 Å². The number of nitrogens with one attached hydrogen (secondary N) is 1. The number of carbonyl (C=O) groups is 1. The number of ether oxygens (including phenoxy) is 1. The minimum Gasteiger partial charge on any atom is -0.507 e. The lowest BCUT2D eigenvalue weighted by atomic mass is 10.1. The molecule has 1 fully saturated rings. The third kappa shape index (κ3) is 3.85. The number of phenolic OH excluding ortho intramolecular Hbond substituents is 1. The van der Waals surface area contributed by atoms with Gasteiger partial charge in [0, 0.05) is 25.8 Å². The van der Waals surface area contributed by atoms with Crippen LogP contribution in [-0.4, -0.2) is 42.3 Å². The predicted molar refractivity (Wildman–Crippen MR) is 104 cm³/mol. The lowest BCUT2D eigenvalue weighted by Crippen LogP contribution is -2.36. The van der Waals surface area contributed by atoms with E-state index in [9.17, 15) is 9.90 Å². The predicted octanol–water partition coefficient (Wildman–Crippen LogP) is 2.71. The van der Waals surface area contributed by atoms with E-state index in [1.54, 1.807) is 18.3 Å². The van der Waals surface area contributed by atoms with Crippen LogP contribution in [0.1, 0.15) is 15.9 Å². The van der Waals surface area contributed by atoms with E-state index >= 15 is 0 Å². The van der Waals surface area contributed by atoms with Gasteiger partial charge in [-0.2, -0.15) is 0 Å². The maximum atomic E-state index is 12.5. The van der Waals surface area contributed by atoms with Gasteiger partial charge in [-0.3, -0.25) is 4.79 Å². The zero-order valence-electron chi connectivity index (χ0n) is 14.9. The Hall–Kier alpha value is -3.12. The first-order valence-corrected chi connectivity index (χ1v) is 8.98. The average Bonchev–Trinajstić information content (AvgIpc) is 2.72. The highest BCUT2D eigenvalue weighted by molar-refractivity contribution is 6.01. The minimum atomic E-state index is -0.310.